The molecule has 0 bridgehead atoms. The number of nitro benzene ring substituents is 1. The number of carbonyl (C=O) groups is 1. The van der Waals surface area contributed by atoms with Gasteiger partial charge in [-0.1, -0.05) is 13.8 Å². The Bertz CT molecular complexity index is 517. The number of nitro groups is 1. The summed E-state index contributed by atoms with van der Waals surface area (Å²) in [5, 5.41) is 10.8. The number of non-ortho nitro benzene ring substituents is 1. The molecule has 0 radical (unpaired) electrons. The molecule has 0 fully saturated rings. The topological polar surface area (TPSA) is 63.5 Å². The van der Waals surface area contributed by atoms with E-state index in [4.69, 9.17) is 0 Å². The van der Waals surface area contributed by atoms with Crippen molar-refractivity contribution >= 4 is 27.5 Å². The predicted molar refractivity (Wildman–Crippen MR) is 81.8 cm³/mol. The first kappa shape index (κ1) is 16.6. The Morgan fingerprint density at radius 2 is 2.00 bits per heavy atom. The highest BCUT2D eigenvalue weighted by molar-refractivity contribution is 9.10. The standard InChI is InChI=1S/C14H19BrN2O3/c1-9(2)7-10(3)16(4)14(18)12-8-11(17(19)20)5-6-13(12)15/h5-6,8-10H,7H2,1-4H3. The number of benzene rings is 1. The van der Waals surface area contributed by atoms with Crippen molar-refractivity contribution < 1.29 is 9.72 Å². The van der Waals surface area contributed by atoms with Crippen LogP contribution in [0.3, 0.4) is 0 Å². The molecule has 0 spiro atoms. The van der Waals surface area contributed by atoms with E-state index in [0.29, 0.717) is 16.0 Å². The first-order chi connectivity index (χ1) is 9.23. The van der Waals surface area contributed by atoms with E-state index in [9.17, 15) is 14.9 Å². The van der Waals surface area contributed by atoms with E-state index in [2.05, 4.69) is 29.8 Å². The number of hydrogen-bond donors (Lipinski definition) is 0. The Morgan fingerprint density at radius 3 is 2.50 bits per heavy atom. The Hall–Kier alpha value is -1.43. The highest BCUT2D eigenvalue weighted by Crippen LogP contribution is 2.24. The molecule has 1 amide bonds. The zero-order valence-electron chi connectivity index (χ0n) is 12.1. The van der Waals surface area contributed by atoms with Crippen LogP contribution >= 0.6 is 15.9 Å². The Morgan fingerprint density at radius 1 is 1.40 bits per heavy atom. The van der Waals surface area contributed by atoms with Gasteiger partial charge in [-0.3, -0.25) is 14.9 Å². The van der Waals surface area contributed by atoms with Crippen molar-refractivity contribution in [1.29, 1.82) is 0 Å². The molecular formula is C14H19BrN2O3. The maximum Gasteiger partial charge on any atom is 0.270 e. The Labute approximate surface area is 127 Å². The van der Waals surface area contributed by atoms with Crippen molar-refractivity contribution in [1.82, 2.24) is 4.90 Å². The van der Waals surface area contributed by atoms with Gasteiger partial charge in [0, 0.05) is 29.7 Å². The zero-order valence-corrected chi connectivity index (χ0v) is 13.7. The van der Waals surface area contributed by atoms with E-state index in [1.54, 1.807) is 11.9 Å². The smallest absolute Gasteiger partial charge is 0.270 e. The normalized spacial score (nSPS) is 12.3. The van der Waals surface area contributed by atoms with E-state index in [-0.39, 0.29) is 17.6 Å². The summed E-state index contributed by atoms with van der Waals surface area (Å²) in [6.45, 7) is 6.17. The third kappa shape index (κ3) is 4.03. The van der Waals surface area contributed by atoms with Gasteiger partial charge in [-0.05, 0) is 41.3 Å². The third-order valence-corrected chi connectivity index (χ3v) is 3.88. The maximum atomic E-state index is 12.4. The van der Waals surface area contributed by atoms with Crippen molar-refractivity contribution in [2.24, 2.45) is 5.92 Å². The zero-order chi connectivity index (χ0) is 15.4. The summed E-state index contributed by atoms with van der Waals surface area (Å²) in [5.41, 5.74) is 0.235. The van der Waals surface area contributed by atoms with Gasteiger partial charge < -0.3 is 4.90 Å². The van der Waals surface area contributed by atoms with Gasteiger partial charge in [0.15, 0.2) is 0 Å². The van der Waals surface area contributed by atoms with Crippen molar-refractivity contribution in [2.75, 3.05) is 7.05 Å². The van der Waals surface area contributed by atoms with Gasteiger partial charge >= 0.3 is 0 Å². The summed E-state index contributed by atoms with van der Waals surface area (Å²) < 4.78 is 0.566. The summed E-state index contributed by atoms with van der Waals surface area (Å²) in [7, 11) is 1.72. The van der Waals surface area contributed by atoms with Gasteiger partial charge in [-0.15, -0.1) is 0 Å². The molecule has 1 unspecified atom stereocenters. The number of amides is 1. The van der Waals surface area contributed by atoms with Crippen LogP contribution in [0.4, 0.5) is 5.69 Å². The van der Waals surface area contributed by atoms with E-state index in [1.807, 2.05) is 6.92 Å². The molecule has 0 aliphatic rings. The van der Waals surface area contributed by atoms with Crippen LogP contribution in [-0.4, -0.2) is 28.8 Å². The second kappa shape index (κ2) is 6.83. The number of hydrogen-bond acceptors (Lipinski definition) is 3. The molecule has 1 rings (SSSR count). The molecule has 1 aromatic carbocycles. The second-order valence-corrected chi connectivity index (χ2v) is 6.17. The largest absolute Gasteiger partial charge is 0.339 e. The lowest BCUT2D eigenvalue weighted by molar-refractivity contribution is -0.384. The molecular weight excluding hydrogens is 324 g/mol. The van der Waals surface area contributed by atoms with Crippen molar-refractivity contribution in [3.8, 4) is 0 Å². The molecule has 0 N–H and O–H groups in total. The van der Waals surface area contributed by atoms with E-state index >= 15 is 0 Å². The number of carbonyl (C=O) groups excluding carboxylic acids is 1. The van der Waals surface area contributed by atoms with Gasteiger partial charge in [0.05, 0.1) is 10.5 Å². The first-order valence-corrected chi connectivity index (χ1v) is 7.24. The average molecular weight is 343 g/mol. The van der Waals surface area contributed by atoms with Crippen molar-refractivity contribution in [2.45, 2.75) is 33.2 Å². The fourth-order valence-corrected chi connectivity index (χ4v) is 2.44. The molecule has 110 valence electrons. The predicted octanol–water partition coefficient (Wildman–Crippen LogP) is 3.86. The average Bonchev–Trinajstić information content (AvgIpc) is 2.36. The van der Waals surface area contributed by atoms with Gasteiger partial charge in [0.1, 0.15) is 0 Å². The van der Waals surface area contributed by atoms with Gasteiger partial charge in [-0.25, -0.2) is 0 Å². The molecule has 0 saturated carbocycles. The van der Waals surface area contributed by atoms with Crippen LogP contribution in [0.1, 0.15) is 37.6 Å². The Balaban J connectivity index is 3.02. The van der Waals surface area contributed by atoms with Crippen molar-refractivity contribution in [3.05, 3.63) is 38.3 Å². The summed E-state index contributed by atoms with van der Waals surface area (Å²) in [6, 6.07) is 4.30. The highest BCUT2D eigenvalue weighted by Gasteiger charge is 2.22. The third-order valence-electron chi connectivity index (χ3n) is 3.19. The fourth-order valence-electron chi connectivity index (χ4n) is 2.02. The van der Waals surface area contributed by atoms with Crippen molar-refractivity contribution in [3.63, 3.8) is 0 Å². The summed E-state index contributed by atoms with van der Waals surface area (Å²) in [4.78, 5) is 24.4. The number of rotatable bonds is 5. The van der Waals surface area contributed by atoms with Gasteiger partial charge in [0.2, 0.25) is 0 Å². The van der Waals surface area contributed by atoms with Gasteiger partial charge in [-0.2, -0.15) is 0 Å². The SMILES string of the molecule is CC(C)CC(C)N(C)C(=O)c1cc([N+](=O)[O-])ccc1Br. The quantitative estimate of drug-likeness (QED) is 0.602. The summed E-state index contributed by atoms with van der Waals surface area (Å²) >= 11 is 3.28. The molecule has 0 aliphatic heterocycles. The number of nitrogens with zero attached hydrogens (tertiary/aromatic N) is 2. The molecule has 6 heteroatoms. The lowest BCUT2D eigenvalue weighted by Gasteiger charge is -2.26. The van der Waals surface area contributed by atoms with Crippen LogP contribution in [0.5, 0.6) is 0 Å². The lowest BCUT2D eigenvalue weighted by Crippen LogP contribution is -2.36. The second-order valence-electron chi connectivity index (χ2n) is 5.32. The molecule has 0 saturated heterocycles. The minimum Gasteiger partial charge on any atom is -0.339 e. The molecule has 0 heterocycles. The van der Waals surface area contributed by atoms with Crippen LogP contribution in [0.15, 0.2) is 22.7 Å². The highest BCUT2D eigenvalue weighted by atomic mass is 79.9. The fraction of sp³-hybridized carbons (Fsp3) is 0.500. The minimum atomic E-state index is -0.499. The summed E-state index contributed by atoms with van der Waals surface area (Å²) in [5.74, 6) is 0.266. The van der Waals surface area contributed by atoms with E-state index in [0.717, 1.165) is 6.42 Å². The molecule has 20 heavy (non-hydrogen) atoms. The Kier molecular flexibility index (Phi) is 5.68. The van der Waals surface area contributed by atoms with Crippen LogP contribution in [0.25, 0.3) is 0 Å². The van der Waals surface area contributed by atoms with Gasteiger partial charge in [0.25, 0.3) is 11.6 Å². The van der Waals surface area contributed by atoms with E-state index < -0.39 is 4.92 Å². The minimum absolute atomic E-state index is 0.0775. The lowest BCUT2D eigenvalue weighted by atomic mass is 10.0. The molecule has 5 nitrogen and oxygen atoms in total. The van der Waals surface area contributed by atoms with Crippen LogP contribution in [0.2, 0.25) is 0 Å². The molecule has 1 atom stereocenters. The first-order valence-electron chi connectivity index (χ1n) is 6.45. The molecule has 0 aromatic heterocycles. The molecule has 0 aliphatic carbocycles. The summed E-state index contributed by atoms with van der Waals surface area (Å²) in [6.07, 6.45) is 0.884. The van der Waals surface area contributed by atoms with Crippen LogP contribution in [0, 0.1) is 16.0 Å². The monoisotopic (exact) mass is 342 g/mol. The maximum absolute atomic E-state index is 12.4. The number of halogens is 1. The van der Waals surface area contributed by atoms with Crippen LogP contribution in [-0.2, 0) is 0 Å². The molecule has 1 aromatic rings. The van der Waals surface area contributed by atoms with E-state index in [1.165, 1.54) is 18.2 Å². The van der Waals surface area contributed by atoms with Crippen LogP contribution < -0.4 is 0 Å².